The summed E-state index contributed by atoms with van der Waals surface area (Å²) >= 11 is 0. The molecule has 1 saturated heterocycles. The number of hydrogen-bond donors (Lipinski definition) is 1. The van der Waals surface area contributed by atoms with Crippen LogP contribution in [0.1, 0.15) is 252 Å². The van der Waals surface area contributed by atoms with Crippen LogP contribution >= 0.6 is 0 Å². The van der Waals surface area contributed by atoms with Gasteiger partial charge < -0.3 is 15.1 Å². The van der Waals surface area contributed by atoms with Crippen molar-refractivity contribution in [1.82, 2.24) is 15.1 Å². The highest BCUT2D eigenvalue weighted by atomic mass is 16.2. The Kier molecular flexibility index (Phi) is 30.9. The van der Waals surface area contributed by atoms with E-state index < -0.39 is 0 Å². The third kappa shape index (κ3) is 23.2. The maximum Gasteiger partial charge on any atom is 0.243 e. The summed E-state index contributed by atoms with van der Waals surface area (Å²) in [5.41, 5.74) is 0. The highest BCUT2D eigenvalue weighted by Crippen LogP contribution is 2.30. The molecule has 54 heavy (non-hydrogen) atoms. The molecule has 1 saturated carbocycles. The number of carbonyl (C=O) groups excluding carboxylic acids is 2. The Morgan fingerprint density at radius 3 is 1.43 bits per heavy atom. The fourth-order valence-electron chi connectivity index (χ4n) is 9.57. The van der Waals surface area contributed by atoms with Crippen LogP contribution in [0.15, 0.2) is 0 Å². The zero-order valence-corrected chi connectivity index (χ0v) is 37.1. The quantitative estimate of drug-likeness (QED) is 0.0655. The molecule has 2 fully saturated rings. The second-order valence-corrected chi connectivity index (χ2v) is 18.1. The predicted octanol–water partition coefficient (Wildman–Crippen LogP) is 14.0. The van der Waals surface area contributed by atoms with Gasteiger partial charge in [-0.1, -0.05) is 201 Å². The molecule has 1 N–H and O–H groups in total. The second kappa shape index (κ2) is 34.0. The third-order valence-electron chi connectivity index (χ3n) is 13.3. The van der Waals surface area contributed by atoms with E-state index in [4.69, 9.17) is 0 Å². The van der Waals surface area contributed by atoms with E-state index in [0.717, 1.165) is 64.7 Å². The van der Waals surface area contributed by atoms with Crippen molar-refractivity contribution in [2.24, 2.45) is 11.8 Å². The molecular weight excluding hydrogens is 663 g/mol. The zero-order valence-electron chi connectivity index (χ0n) is 37.1. The highest BCUT2D eigenvalue weighted by Gasteiger charge is 2.39. The maximum atomic E-state index is 14.6. The molecule has 2 rings (SSSR count). The van der Waals surface area contributed by atoms with Gasteiger partial charge in [-0.05, 0) is 76.4 Å². The Bertz CT molecular complexity index is 865. The molecule has 318 valence electrons. The van der Waals surface area contributed by atoms with Gasteiger partial charge in [-0.15, -0.1) is 0 Å². The molecule has 2 aliphatic rings. The van der Waals surface area contributed by atoms with Gasteiger partial charge >= 0.3 is 0 Å². The molecule has 0 aromatic rings. The van der Waals surface area contributed by atoms with Crippen molar-refractivity contribution in [3.8, 4) is 0 Å². The van der Waals surface area contributed by atoms with Crippen molar-refractivity contribution in [2.45, 2.75) is 265 Å². The van der Waals surface area contributed by atoms with E-state index in [-0.39, 0.29) is 29.8 Å². The van der Waals surface area contributed by atoms with Gasteiger partial charge in [0.05, 0.1) is 0 Å². The van der Waals surface area contributed by atoms with Gasteiger partial charge in [-0.3, -0.25) is 9.59 Å². The Labute approximate surface area is 338 Å². The molecule has 5 nitrogen and oxygen atoms in total. The molecular formula is C49H95N3O2. The van der Waals surface area contributed by atoms with Crippen LogP contribution in [-0.2, 0) is 9.59 Å². The van der Waals surface area contributed by atoms with Crippen molar-refractivity contribution < 1.29 is 9.59 Å². The van der Waals surface area contributed by atoms with Crippen LogP contribution in [0.4, 0.5) is 0 Å². The summed E-state index contributed by atoms with van der Waals surface area (Å²) in [7, 11) is 0. The number of rotatable bonds is 35. The predicted molar refractivity (Wildman–Crippen MR) is 235 cm³/mol. The molecule has 2 unspecified atom stereocenters. The highest BCUT2D eigenvalue weighted by molar-refractivity contribution is 5.88. The van der Waals surface area contributed by atoms with E-state index in [1.165, 1.54) is 180 Å². The summed E-state index contributed by atoms with van der Waals surface area (Å²) in [6, 6.07) is -0.0268. The fourth-order valence-corrected chi connectivity index (χ4v) is 9.57. The van der Waals surface area contributed by atoms with Gasteiger partial charge in [-0.2, -0.15) is 0 Å². The van der Waals surface area contributed by atoms with E-state index in [9.17, 15) is 9.59 Å². The van der Waals surface area contributed by atoms with Crippen LogP contribution in [0.5, 0.6) is 0 Å². The zero-order chi connectivity index (χ0) is 38.9. The van der Waals surface area contributed by atoms with Gasteiger partial charge in [0.2, 0.25) is 11.8 Å². The monoisotopic (exact) mass is 758 g/mol. The average Bonchev–Trinajstić information content (AvgIpc) is 3.19. The van der Waals surface area contributed by atoms with Crippen LogP contribution in [0, 0.1) is 11.8 Å². The molecule has 1 aliphatic carbocycles. The molecule has 0 bridgehead atoms. The Morgan fingerprint density at radius 2 is 0.981 bits per heavy atom. The van der Waals surface area contributed by atoms with Gasteiger partial charge in [0.1, 0.15) is 6.04 Å². The van der Waals surface area contributed by atoms with Crippen molar-refractivity contribution in [2.75, 3.05) is 26.2 Å². The van der Waals surface area contributed by atoms with Gasteiger partial charge in [0, 0.05) is 19.0 Å². The number of nitrogens with one attached hydrogen (secondary N) is 1. The van der Waals surface area contributed by atoms with Crippen LogP contribution in [0.25, 0.3) is 0 Å². The Hall–Kier alpha value is -1.10. The number of likely N-dealkylation sites (tertiary alicyclic amines) is 1. The van der Waals surface area contributed by atoms with Gasteiger partial charge in [0.15, 0.2) is 0 Å². The molecule has 2 amide bonds. The molecule has 0 radical (unpaired) electrons. The minimum absolute atomic E-state index is 0.175. The lowest BCUT2D eigenvalue weighted by atomic mass is 9.85. The number of carbonyl (C=O) groups is 2. The van der Waals surface area contributed by atoms with Crippen molar-refractivity contribution >= 4 is 11.8 Å². The second-order valence-electron chi connectivity index (χ2n) is 18.1. The molecule has 1 heterocycles. The summed E-state index contributed by atoms with van der Waals surface area (Å²) in [5, 5.41) is 3.57. The van der Waals surface area contributed by atoms with Gasteiger partial charge in [-0.25, -0.2) is 0 Å². The lowest BCUT2D eigenvalue weighted by molar-refractivity contribution is -0.145. The smallest absolute Gasteiger partial charge is 0.243 e. The lowest BCUT2D eigenvalue weighted by Gasteiger charge is -2.42. The summed E-state index contributed by atoms with van der Waals surface area (Å²) in [5.74, 6) is 1.21. The first-order chi connectivity index (χ1) is 26.5. The number of unbranched alkanes of at least 4 members (excludes halogenated alkanes) is 22. The summed E-state index contributed by atoms with van der Waals surface area (Å²) in [6.07, 6.45) is 43.8. The van der Waals surface area contributed by atoms with E-state index in [2.05, 4.69) is 42.8 Å². The molecule has 0 aromatic carbocycles. The van der Waals surface area contributed by atoms with Crippen LogP contribution < -0.4 is 5.32 Å². The topological polar surface area (TPSA) is 52.7 Å². The first kappa shape index (κ1) is 49.0. The fraction of sp³-hybridized carbons (Fsp3) is 0.959. The molecule has 0 spiro atoms. The first-order valence-corrected chi connectivity index (χ1v) is 24.9. The molecule has 2 atom stereocenters. The van der Waals surface area contributed by atoms with E-state index in [0.29, 0.717) is 12.3 Å². The van der Waals surface area contributed by atoms with Crippen LogP contribution in [0.3, 0.4) is 0 Å². The lowest BCUT2D eigenvalue weighted by Crippen LogP contribution is -2.57. The Morgan fingerprint density at radius 1 is 0.556 bits per heavy atom. The van der Waals surface area contributed by atoms with Crippen LogP contribution in [-0.4, -0.2) is 59.9 Å². The summed E-state index contributed by atoms with van der Waals surface area (Å²) in [6.45, 7) is 13.1. The largest absolute Gasteiger partial charge is 0.352 e. The summed E-state index contributed by atoms with van der Waals surface area (Å²) < 4.78 is 0. The van der Waals surface area contributed by atoms with Crippen LogP contribution in [0.2, 0.25) is 0 Å². The standard InChI is InChI=1S/C49H95N3O2/c1-5-9-12-15-18-20-21-22-24-27-33-38-47(53)52(43-44(34-29-25-17-14-11-7-3)35-30-26-23-19-16-13-10-6-2)48(45-39-41-51(8-4)42-40-45)49(54)50-46-36-31-28-32-37-46/h44-46,48H,5-43H2,1-4H3,(H,50,54). The van der Waals surface area contributed by atoms with E-state index >= 15 is 0 Å². The van der Waals surface area contributed by atoms with E-state index in [1.807, 2.05) is 0 Å². The number of nitrogens with zero attached hydrogens (tertiary/aromatic N) is 2. The van der Waals surface area contributed by atoms with Crippen molar-refractivity contribution in [1.29, 1.82) is 0 Å². The molecule has 5 heteroatoms. The average molecular weight is 758 g/mol. The number of piperidine rings is 1. The van der Waals surface area contributed by atoms with Crippen molar-refractivity contribution in [3.05, 3.63) is 0 Å². The normalized spacial score (nSPS) is 17.1. The summed E-state index contributed by atoms with van der Waals surface area (Å²) in [4.78, 5) is 34.0. The van der Waals surface area contributed by atoms with Crippen molar-refractivity contribution in [3.63, 3.8) is 0 Å². The number of amides is 2. The molecule has 1 aliphatic heterocycles. The number of hydrogen-bond acceptors (Lipinski definition) is 3. The molecule has 0 aromatic heterocycles. The first-order valence-electron chi connectivity index (χ1n) is 24.9. The van der Waals surface area contributed by atoms with Gasteiger partial charge in [0.25, 0.3) is 0 Å². The third-order valence-corrected chi connectivity index (χ3v) is 13.3. The maximum absolute atomic E-state index is 14.6. The Balaban J connectivity index is 2.17. The minimum Gasteiger partial charge on any atom is -0.352 e. The SMILES string of the molecule is CCCCCCCCCCCCCC(=O)N(CC(CCCCCCCC)CCCCCCCCCC)C(C(=O)NC1CCCCC1)C1CCN(CC)CC1. The minimum atomic E-state index is -0.309. The van der Waals surface area contributed by atoms with E-state index in [1.54, 1.807) is 0 Å².